The number of hydrogen-bond acceptors (Lipinski definition) is 3. The Hall–Kier alpha value is -1.90. The van der Waals surface area contributed by atoms with Crippen LogP contribution in [0.2, 0.25) is 0 Å². The number of rotatable bonds is 7. The molecule has 0 radical (unpaired) electrons. The minimum absolute atomic E-state index is 0.300. The molecule has 0 aromatic heterocycles. The number of ether oxygens (including phenoxy) is 1. The molecule has 0 saturated heterocycles. The lowest BCUT2D eigenvalue weighted by Gasteiger charge is -2.30. The average molecular weight is 288 g/mol. The smallest absolute Gasteiger partial charge is 0.375 e. The lowest BCUT2D eigenvalue weighted by atomic mass is 9.73. The maximum absolute atomic E-state index is 12.5. The molecule has 0 fully saturated rings. The van der Waals surface area contributed by atoms with Gasteiger partial charge in [0, 0.05) is 5.92 Å². The molecule has 0 amide bonds. The van der Waals surface area contributed by atoms with Gasteiger partial charge in [0.2, 0.25) is 5.78 Å². The van der Waals surface area contributed by atoms with Gasteiger partial charge in [-0.1, -0.05) is 50.3 Å². The van der Waals surface area contributed by atoms with Gasteiger partial charge in [-0.05, 0) is 31.2 Å². The van der Waals surface area contributed by atoms with Crippen molar-refractivity contribution in [2.24, 2.45) is 11.3 Å². The number of carbonyl (C=O) groups excluding carboxylic acids is 2. The van der Waals surface area contributed by atoms with Crippen molar-refractivity contribution in [1.29, 1.82) is 0 Å². The number of esters is 1. The molecule has 0 aliphatic heterocycles. The van der Waals surface area contributed by atoms with E-state index >= 15 is 0 Å². The summed E-state index contributed by atoms with van der Waals surface area (Å²) < 4.78 is 5.05. The molecule has 0 aliphatic rings. The second kappa shape index (κ2) is 7.21. The van der Waals surface area contributed by atoms with Crippen molar-refractivity contribution in [1.82, 2.24) is 0 Å². The molecule has 3 nitrogen and oxygen atoms in total. The molecule has 1 rings (SSSR count). The molecule has 21 heavy (non-hydrogen) atoms. The van der Waals surface area contributed by atoms with E-state index in [2.05, 4.69) is 6.58 Å². The molecular formula is C18H24O3. The van der Waals surface area contributed by atoms with Gasteiger partial charge < -0.3 is 4.74 Å². The Bertz CT molecular complexity index is 500. The van der Waals surface area contributed by atoms with Crippen LogP contribution in [-0.4, -0.2) is 17.9 Å². The van der Waals surface area contributed by atoms with E-state index in [1.807, 2.05) is 44.2 Å². The van der Waals surface area contributed by atoms with Gasteiger partial charge >= 0.3 is 5.97 Å². The standard InChI is InChI=1S/C18H24O3/c1-6-18(4,5)15(12-14-10-8-7-9-11-14)16(19)17(20)21-13(2)3/h6-11,13,15H,1,12H2,2-5H3. The summed E-state index contributed by atoms with van der Waals surface area (Å²) in [5, 5.41) is 0. The van der Waals surface area contributed by atoms with Crippen LogP contribution in [0.1, 0.15) is 33.3 Å². The first-order valence-corrected chi connectivity index (χ1v) is 7.20. The van der Waals surface area contributed by atoms with Crippen molar-refractivity contribution < 1.29 is 14.3 Å². The van der Waals surface area contributed by atoms with Gasteiger partial charge in [0.25, 0.3) is 0 Å². The van der Waals surface area contributed by atoms with Gasteiger partial charge in [-0.15, -0.1) is 6.58 Å². The second-order valence-corrected chi connectivity index (χ2v) is 6.09. The maximum Gasteiger partial charge on any atom is 0.375 e. The Labute approximate surface area is 127 Å². The van der Waals surface area contributed by atoms with E-state index in [9.17, 15) is 9.59 Å². The highest BCUT2D eigenvalue weighted by Crippen LogP contribution is 2.32. The molecule has 1 aromatic rings. The molecule has 114 valence electrons. The summed E-state index contributed by atoms with van der Waals surface area (Å²) in [5.74, 6) is -1.73. The zero-order valence-electron chi connectivity index (χ0n) is 13.3. The van der Waals surface area contributed by atoms with E-state index in [0.29, 0.717) is 6.42 Å². The quantitative estimate of drug-likeness (QED) is 0.437. The Morgan fingerprint density at radius 2 is 1.81 bits per heavy atom. The predicted octanol–water partition coefficient (Wildman–Crippen LogP) is 3.58. The number of hydrogen-bond donors (Lipinski definition) is 0. The van der Waals surface area contributed by atoms with Crippen molar-refractivity contribution in [3.63, 3.8) is 0 Å². The molecule has 3 heteroatoms. The van der Waals surface area contributed by atoms with Crippen LogP contribution in [0.3, 0.4) is 0 Å². The van der Waals surface area contributed by atoms with Crippen LogP contribution in [0, 0.1) is 11.3 Å². The minimum atomic E-state index is -0.763. The fourth-order valence-electron chi connectivity index (χ4n) is 2.10. The van der Waals surface area contributed by atoms with Crippen LogP contribution < -0.4 is 0 Å². The normalized spacial score (nSPS) is 12.8. The highest BCUT2D eigenvalue weighted by atomic mass is 16.5. The van der Waals surface area contributed by atoms with E-state index in [0.717, 1.165) is 5.56 Å². The van der Waals surface area contributed by atoms with E-state index < -0.39 is 23.1 Å². The van der Waals surface area contributed by atoms with Gasteiger partial charge in [-0.3, -0.25) is 4.79 Å². The first-order valence-electron chi connectivity index (χ1n) is 7.20. The lowest BCUT2D eigenvalue weighted by molar-refractivity contribution is -0.159. The average Bonchev–Trinajstić information content (AvgIpc) is 2.44. The molecular weight excluding hydrogens is 264 g/mol. The first-order chi connectivity index (χ1) is 9.77. The highest BCUT2D eigenvalue weighted by molar-refractivity contribution is 6.34. The fraction of sp³-hybridized carbons (Fsp3) is 0.444. The highest BCUT2D eigenvalue weighted by Gasteiger charge is 2.37. The van der Waals surface area contributed by atoms with Crippen molar-refractivity contribution in [2.75, 3.05) is 0 Å². The number of allylic oxidation sites excluding steroid dienone is 1. The molecule has 1 aromatic carbocycles. The Morgan fingerprint density at radius 1 is 1.24 bits per heavy atom. The monoisotopic (exact) mass is 288 g/mol. The third-order valence-corrected chi connectivity index (χ3v) is 3.57. The number of Topliss-reactive ketones (excluding diaryl/α,β-unsaturated/α-hetero) is 1. The van der Waals surface area contributed by atoms with Crippen molar-refractivity contribution >= 4 is 11.8 Å². The van der Waals surface area contributed by atoms with Crippen LogP contribution >= 0.6 is 0 Å². The topological polar surface area (TPSA) is 43.4 Å². The molecule has 1 atom stereocenters. The molecule has 0 saturated carbocycles. The van der Waals surface area contributed by atoms with E-state index in [1.54, 1.807) is 19.9 Å². The van der Waals surface area contributed by atoms with Gasteiger partial charge in [-0.2, -0.15) is 0 Å². The van der Waals surface area contributed by atoms with Gasteiger partial charge in [0.1, 0.15) is 0 Å². The summed E-state index contributed by atoms with van der Waals surface area (Å²) in [5.41, 5.74) is 0.534. The summed E-state index contributed by atoms with van der Waals surface area (Å²) in [6, 6.07) is 9.67. The van der Waals surface area contributed by atoms with E-state index in [4.69, 9.17) is 4.74 Å². The molecule has 0 N–H and O–H groups in total. The van der Waals surface area contributed by atoms with Crippen LogP contribution in [0.15, 0.2) is 43.0 Å². The largest absolute Gasteiger partial charge is 0.457 e. The third kappa shape index (κ3) is 4.85. The Morgan fingerprint density at radius 3 is 2.29 bits per heavy atom. The summed E-state index contributed by atoms with van der Waals surface area (Å²) in [6.07, 6.45) is 1.92. The summed E-state index contributed by atoms with van der Waals surface area (Å²) in [6.45, 7) is 11.1. The summed E-state index contributed by atoms with van der Waals surface area (Å²) >= 11 is 0. The molecule has 0 heterocycles. The lowest BCUT2D eigenvalue weighted by Crippen LogP contribution is -2.37. The van der Waals surface area contributed by atoms with Crippen molar-refractivity contribution in [2.45, 2.75) is 40.2 Å². The van der Waals surface area contributed by atoms with Crippen LogP contribution in [-0.2, 0) is 20.7 Å². The van der Waals surface area contributed by atoms with Crippen LogP contribution in [0.25, 0.3) is 0 Å². The second-order valence-electron chi connectivity index (χ2n) is 6.09. The molecule has 0 spiro atoms. The fourth-order valence-corrected chi connectivity index (χ4v) is 2.10. The zero-order chi connectivity index (χ0) is 16.0. The number of ketones is 1. The number of carbonyl (C=O) groups is 2. The maximum atomic E-state index is 12.5. The SMILES string of the molecule is C=CC(C)(C)C(Cc1ccccc1)C(=O)C(=O)OC(C)C. The third-order valence-electron chi connectivity index (χ3n) is 3.57. The zero-order valence-corrected chi connectivity index (χ0v) is 13.3. The van der Waals surface area contributed by atoms with Crippen LogP contribution in [0.4, 0.5) is 0 Å². The first kappa shape index (κ1) is 17.2. The molecule has 0 bridgehead atoms. The van der Waals surface area contributed by atoms with Crippen molar-refractivity contribution in [3.05, 3.63) is 48.6 Å². The summed E-state index contributed by atoms with van der Waals surface area (Å²) in [4.78, 5) is 24.4. The van der Waals surface area contributed by atoms with E-state index in [-0.39, 0.29) is 6.10 Å². The van der Waals surface area contributed by atoms with E-state index in [1.165, 1.54) is 0 Å². The molecule has 1 unspecified atom stereocenters. The predicted molar refractivity (Wildman–Crippen MR) is 83.8 cm³/mol. The Balaban J connectivity index is 3.00. The van der Waals surface area contributed by atoms with Gasteiger partial charge in [-0.25, -0.2) is 4.79 Å². The van der Waals surface area contributed by atoms with Crippen LogP contribution in [0.5, 0.6) is 0 Å². The summed E-state index contributed by atoms with van der Waals surface area (Å²) in [7, 11) is 0. The number of benzene rings is 1. The Kier molecular flexibility index (Phi) is 5.89. The van der Waals surface area contributed by atoms with Gasteiger partial charge in [0.05, 0.1) is 6.10 Å². The van der Waals surface area contributed by atoms with Crippen molar-refractivity contribution in [3.8, 4) is 0 Å². The van der Waals surface area contributed by atoms with Gasteiger partial charge in [0.15, 0.2) is 0 Å². The molecule has 0 aliphatic carbocycles. The minimum Gasteiger partial charge on any atom is -0.457 e.